The Hall–Kier alpha value is -2.13. The summed E-state index contributed by atoms with van der Waals surface area (Å²) in [7, 11) is 0. The standard InChI is InChI=1S/C17H17NOS/c1-2-12-19-16-10-8-15(9-11-16)17(20)18-13-14-6-4-3-5-7-14/h2-11H,1,12-13H2,(H,18,20). The van der Waals surface area contributed by atoms with Crippen molar-refractivity contribution in [2.24, 2.45) is 0 Å². The fourth-order valence-electron chi connectivity index (χ4n) is 1.74. The van der Waals surface area contributed by atoms with Crippen LogP contribution in [0.15, 0.2) is 67.3 Å². The van der Waals surface area contributed by atoms with Crippen molar-refractivity contribution in [2.45, 2.75) is 6.54 Å². The summed E-state index contributed by atoms with van der Waals surface area (Å²) in [4.78, 5) is 0.740. The Kier molecular flexibility index (Phi) is 5.33. The van der Waals surface area contributed by atoms with E-state index >= 15 is 0 Å². The van der Waals surface area contributed by atoms with Crippen LogP contribution in [-0.4, -0.2) is 11.6 Å². The van der Waals surface area contributed by atoms with Crippen molar-refractivity contribution in [3.05, 3.63) is 78.4 Å². The topological polar surface area (TPSA) is 21.3 Å². The van der Waals surface area contributed by atoms with E-state index < -0.39 is 0 Å². The molecule has 102 valence electrons. The number of hydrogen-bond donors (Lipinski definition) is 1. The van der Waals surface area contributed by atoms with Gasteiger partial charge in [-0.3, -0.25) is 0 Å². The molecule has 0 spiro atoms. The van der Waals surface area contributed by atoms with Crippen LogP contribution in [0.4, 0.5) is 0 Å². The molecule has 0 saturated heterocycles. The van der Waals surface area contributed by atoms with Gasteiger partial charge in [-0.05, 0) is 29.8 Å². The van der Waals surface area contributed by atoms with Gasteiger partial charge in [-0.15, -0.1) is 0 Å². The lowest BCUT2D eigenvalue weighted by Crippen LogP contribution is -2.21. The summed E-state index contributed by atoms with van der Waals surface area (Å²) in [5, 5.41) is 3.25. The number of hydrogen-bond acceptors (Lipinski definition) is 2. The van der Waals surface area contributed by atoms with E-state index in [0.717, 1.165) is 22.8 Å². The summed E-state index contributed by atoms with van der Waals surface area (Å²) in [5.41, 5.74) is 2.20. The molecule has 2 nitrogen and oxygen atoms in total. The number of rotatable bonds is 6. The van der Waals surface area contributed by atoms with Crippen LogP contribution in [0.5, 0.6) is 5.75 Å². The van der Waals surface area contributed by atoms with Gasteiger partial charge in [-0.2, -0.15) is 0 Å². The molecule has 0 heterocycles. The van der Waals surface area contributed by atoms with Crippen LogP contribution in [0.2, 0.25) is 0 Å². The molecular weight excluding hydrogens is 266 g/mol. The highest BCUT2D eigenvalue weighted by molar-refractivity contribution is 7.80. The summed E-state index contributed by atoms with van der Waals surface area (Å²) < 4.78 is 5.44. The molecule has 0 radical (unpaired) electrons. The third-order valence-electron chi connectivity index (χ3n) is 2.78. The molecule has 0 fully saturated rings. The van der Waals surface area contributed by atoms with Crippen LogP contribution in [0.3, 0.4) is 0 Å². The Bertz CT molecular complexity index is 563. The number of nitrogens with one attached hydrogen (secondary N) is 1. The Morgan fingerprint density at radius 1 is 1.10 bits per heavy atom. The van der Waals surface area contributed by atoms with Crippen molar-refractivity contribution in [3.8, 4) is 5.75 Å². The Morgan fingerprint density at radius 2 is 1.80 bits per heavy atom. The molecule has 0 aliphatic heterocycles. The van der Waals surface area contributed by atoms with Crippen molar-refractivity contribution in [2.75, 3.05) is 6.61 Å². The maximum absolute atomic E-state index is 5.44. The van der Waals surface area contributed by atoms with Crippen LogP contribution >= 0.6 is 12.2 Å². The van der Waals surface area contributed by atoms with E-state index in [-0.39, 0.29) is 0 Å². The molecule has 20 heavy (non-hydrogen) atoms. The quantitative estimate of drug-likeness (QED) is 0.645. The molecule has 2 aromatic carbocycles. The molecule has 2 aromatic rings. The lowest BCUT2D eigenvalue weighted by atomic mass is 10.2. The normalized spacial score (nSPS) is 9.80. The van der Waals surface area contributed by atoms with Gasteiger partial charge in [0, 0.05) is 12.1 Å². The second kappa shape index (κ2) is 7.46. The predicted molar refractivity (Wildman–Crippen MR) is 87.1 cm³/mol. The lowest BCUT2D eigenvalue weighted by Gasteiger charge is -2.09. The van der Waals surface area contributed by atoms with Gasteiger partial charge in [0.15, 0.2) is 0 Å². The fraction of sp³-hybridized carbons (Fsp3) is 0.118. The first-order chi connectivity index (χ1) is 9.79. The molecule has 3 heteroatoms. The van der Waals surface area contributed by atoms with Gasteiger partial charge in [0.05, 0.1) is 0 Å². The van der Waals surface area contributed by atoms with Crippen LogP contribution in [0.25, 0.3) is 0 Å². The third kappa shape index (κ3) is 4.21. The molecule has 0 aromatic heterocycles. The van der Waals surface area contributed by atoms with Crippen LogP contribution in [0, 0.1) is 0 Å². The zero-order valence-corrected chi connectivity index (χ0v) is 12.0. The summed E-state index contributed by atoms with van der Waals surface area (Å²) in [6, 6.07) is 17.9. The number of benzene rings is 2. The molecule has 0 atom stereocenters. The highest BCUT2D eigenvalue weighted by Crippen LogP contribution is 2.12. The number of ether oxygens (including phenoxy) is 1. The zero-order chi connectivity index (χ0) is 14.2. The lowest BCUT2D eigenvalue weighted by molar-refractivity contribution is 0.363. The minimum Gasteiger partial charge on any atom is -0.490 e. The first kappa shape index (κ1) is 14.3. The largest absolute Gasteiger partial charge is 0.490 e. The molecule has 0 saturated carbocycles. The summed E-state index contributed by atoms with van der Waals surface area (Å²) in [6.45, 7) is 4.86. The van der Waals surface area contributed by atoms with Crippen molar-refractivity contribution in [1.82, 2.24) is 5.32 Å². The average Bonchev–Trinajstić information content (AvgIpc) is 2.52. The van der Waals surface area contributed by atoms with Crippen LogP contribution in [-0.2, 0) is 6.54 Å². The smallest absolute Gasteiger partial charge is 0.119 e. The summed E-state index contributed by atoms with van der Waals surface area (Å²) >= 11 is 5.38. The third-order valence-corrected chi connectivity index (χ3v) is 3.16. The van der Waals surface area contributed by atoms with Gasteiger partial charge in [0.25, 0.3) is 0 Å². The fourth-order valence-corrected chi connectivity index (χ4v) is 1.95. The minimum absolute atomic E-state index is 0.510. The summed E-state index contributed by atoms with van der Waals surface area (Å²) in [5.74, 6) is 0.819. The van der Waals surface area contributed by atoms with E-state index in [1.807, 2.05) is 42.5 Å². The predicted octanol–water partition coefficient (Wildman–Crippen LogP) is 3.72. The van der Waals surface area contributed by atoms with Gasteiger partial charge in [-0.1, -0.05) is 55.2 Å². The Morgan fingerprint density at radius 3 is 2.45 bits per heavy atom. The van der Waals surface area contributed by atoms with Crippen LogP contribution in [0.1, 0.15) is 11.1 Å². The van der Waals surface area contributed by atoms with E-state index in [4.69, 9.17) is 17.0 Å². The highest BCUT2D eigenvalue weighted by Gasteiger charge is 2.01. The van der Waals surface area contributed by atoms with Gasteiger partial charge in [0.1, 0.15) is 17.3 Å². The molecular formula is C17H17NOS. The summed E-state index contributed by atoms with van der Waals surface area (Å²) in [6.07, 6.45) is 1.72. The van der Waals surface area contributed by atoms with E-state index in [1.54, 1.807) is 6.08 Å². The molecule has 2 rings (SSSR count). The SMILES string of the molecule is C=CCOc1ccc(C(=S)NCc2ccccc2)cc1. The molecule has 0 bridgehead atoms. The van der Waals surface area contributed by atoms with Crippen LogP contribution < -0.4 is 10.1 Å². The van der Waals surface area contributed by atoms with Gasteiger partial charge < -0.3 is 10.1 Å². The Labute approximate surface area is 125 Å². The average molecular weight is 283 g/mol. The van der Waals surface area contributed by atoms with Gasteiger partial charge in [0.2, 0.25) is 0 Å². The second-order valence-corrected chi connectivity index (χ2v) is 4.70. The monoisotopic (exact) mass is 283 g/mol. The van der Waals surface area contributed by atoms with Crippen molar-refractivity contribution >= 4 is 17.2 Å². The molecule has 0 amide bonds. The minimum atomic E-state index is 0.510. The molecule has 1 N–H and O–H groups in total. The first-order valence-electron chi connectivity index (χ1n) is 6.45. The second-order valence-electron chi connectivity index (χ2n) is 4.29. The van der Waals surface area contributed by atoms with Crippen molar-refractivity contribution in [1.29, 1.82) is 0 Å². The van der Waals surface area contributed by atoms with E-state index in [1.165, 1.54) is 5.56 Å². The molecule has 0 unspecified atom stereocenters. The van der Waals surface area contributed by atoms with Gasteiger partial charge >= 0.3 is 0 Å². The Balaban J connectivity index is 1.90. The maximum Gasteiger partial charge on any atom is 0.119 e. The van der Waals surface area contributed by atoms with Crippen molar-refractivity contribution < 1.29 is 4.74 Å². The van der Waals surface area contributed by atoms with E-state index in [2.05, 4.69) is 24.0 Å². The van der Waals surface area contributed by atoms with Crippen molar-refractivity contribution in [3.63, 3.8) is 0 Å². The molecule has 0 aliphatic rings. The zero-order valence-electron chi connectivity index (χ0n) is 11.2. The number of thiocarbonyl (C=S) groups is 1. The highest BCUT2D eigenvalue weighted by atomic mass is 32.1. The maximum atomic E-state index is 5.44. The van der Waals surface area contributed by atoms with E-state index in [9.17, 15) is 0 Å². The molecule has 0 aliphatic carbocycles. The first-order valence-corrected chi connectivity index (χ1v) is 6.86. The van der Waals surface area contributed by atoms with Gasteiger partial charge in [-0.25, -0.2) is 0 Å². The van der Waals surface area contributed by atoms with E-state index in [0.29, 0.717) is 6.61 Å².